The van der Waals surface area contributed by atoms with Crippen LogP contribution in [-0.2, 0) is 16.1 Å². The van der Waals surface area contributed by atoms with Gasteiger partial charge in [-0.05, 0) is 44.2 Å². The van der Waals surface area contributed by atoms with Crippen LogP contribution in [0.4, 0.5) is 0 Å². The Morgan fingerprint density at radius 1 is 1.09 bits per heavy atom. The molecule has 1 N–H and O–H groups in total. The Morgan fingerprint density at radius 2 is 1.88 bits per heavy atom. The second-order valence-electron chi connectivity index (χ2n) is 7.94. The zero-order chi connectivity index (χ0) is 23.5. The zero-order valence-corrected chi connectivity index (χ0v) is 18.6. The smallest absolute Gasteiger partial charge is 0.296 e. The molecule has 2 aromatic carbocycles. The highest BCUT2D eigenvalue weighted by atomic mass is 16.5. The standard InChI is InChI=1S/C26H25NO6/c1-16(2)33-18-9-6-8-17(14-18)24(28)22-23(20-11-4-5-12-21(20)31-3)27(26(30)25(22)29)15-19-10-7-13-32-19/h4-14,16,23,28H,15H2,1-3H3/b24-22+. The van der Waals surface area contributed by atoms with Crippen molar-refractivity contribution < 1.29 is 28.6 Å². The van der Waals surface area contributed by atoms with Crippen molar-refractivity contribution in [2.45, 2.75) is 32.5 Å². The van der Waals surface area contributed by atoms with Crippen molar-refractivity contribution in [3.8, 4) is 11.5 Å². The average Bonchev–Trinajstić information content (AvgIpc) is 3.41. The summed E-state index contributed by atoms with van der Waals surface area (Å²) in [4.78, 5) is 27.7. The van der Waals surface area contributed by atoms with Crippen molar-refractivity contribution >= 4 is 17.4 Å². The second-order valence-corrected chi connectivity index (χ2v) is 7.94. The minimum atomic E-state index is -0.860. The van der Waals surface area contributed by atoms with Gasteiger partial charge >= 0.3 is 0 Å². The molecule has 1 amide bonds. The van der Waals surface area contributed by atoms with E-state index in [1.165, 1.54) is 18.3 Å². The number of ether oxygens (including phenoxy) is 2. The summed E-state index contributed by atoms with van der Waals surface area (Å²) < 4.78 is 16.7. The number of hydrogen-bond acceptors (Lipinski definition) is 6. The molecule has 1 atom stereocenters. The lowest BCUT2D eigenvalue weighted by Crippen LogP contribution is -2.29. The Balaban J connectivity index is 1.87. The van der Waals surface area contributed by atoms with Gasteiger partial charge in [0, 0.05) is 11.1 Å². The fourth-order valence-electron chi connectivity index (χ4n) is 3.97. The van der Waals surface area contributed by atoms with Gasteiger partial charge in [0.25, 0.3) is 11.7 Å². The van der Waals surface area contributed by atoms with Crippen molar-refractivity contribution in [1.82, 2.24) is 4.90 Å². The van der Waals surface area contributed by atoms with Crippen LogP contribution in [0.5, 0.6) is 11.5 Å². The van der Waals surface area contributed by atoms with Gasteiger partial charge in [-0.3, -0.25) is 9.59 Å². The quantitative estimate of drug-likeness (QED) is 0.321. The predicted octanol–water partition coefficient (Wildman–Crippen LogP) is 4.70. The third-order valence-electron chi connectivity index (χ3n) is 5.36. The number of para-hydroxylation sites is 1. The first kappa shape index (κ1) is 22.2. The molecule has 7 heteroatoms. The molecule has 2 heterocycles. The molecule has 170 valence electrons. The van der Waals surface area contributed by atoms with Gasteiger partial charge in [-0.15, -0.1) is 0 Å². The number of likely N-dealkylation sites (tertiary alicyclic amines) is 1. The van der Waals surface area contributed by atoms with E-state index in [0.717, 1.165) is 0 Å². The highest BCUT2D eigenvalue weighted by Gasteiger charge is 2.47. The van der Waals surface area contributed by atoms with Crippen LogP contribution < -0.4 is 9.47 Å². The molecule has 0 saturated carbocycles. The zero-order valence-electron chi connectivity index (χ0n) is 18.6. The van der Waals surface area contributed by atoms with Crippen LogP contribution in [-0.4, -0.2) is 34.9 Å². The van der Waals surface area contributed by atoms with Crippen molar-refractivity contribution in [3.05, 3.63) is 89.4 Å². The van der Waals surface area contributed by atoms with E-state index >= 15 is 0 Å². The van der Waals surface area contributed by atoms with Crippen molar-refractivity contribution in [1.29, 1.82) is 0 Å². The summed E-state index contributed by atoms with van der Waals surface area (Å²) in [7, 11) is 1.52. The number of aliphatic hydroxyl groups excluding tert-OH is 1. The summed E-state index contributed by atoms with van der Waals surface area (Å²) in [6.07, 6.45) is 1.44. The van der Waals surface area contributed by atoms with Gasteiger partial charge in [0.2, 0.25) is 0 Å². The molecule has 0 radical (unpaired) electrons. The van der Waals surface area contributed by atoms with Crippen molar-refractivity contribution in [2.24, 2.45) is 0 Å². The lowest BCUT2D eigenvalue weighted by atomic mass is 9.94. The van der Waals surface area contributed by atoms with E-state index in [0.29, 0.717) is 28.4 Å². The Hall–Kier alpha value is -4.00. The maximum atomic E-state index is 13.2. The van der Waals surface area contributed by atoms with Crippen LogP contribution >= 0.6 is 0 Å². The van der Waals surface area contributed by atoms with E-state index in [4.69, 9.17) is 13.9 Å². The Bertz CT molecular complexity index is 1200. The topological polar surface area (TPSA) is 89.2 Å². The normalized spacial score (nSPS) is 17.6. The van der Waals surface area contributed by atoms with E-state index in [9.17, 15) is 14.7 Å². The molecule has 0 bridgehead atoms. The number of furan rings is 1. The molecule has 4 rings (SSSR count). The molecular formula is C26H25NO6. The third kappa shape index (κ3) is 4.35. The molecule has 1 aliphatic heterocycles. The monoisotopic (exact) mass is 447 g/mol. The Labute approximate surface area is 191 Å². The van der Waals surface area contributed by atoms with Gasteiger partial charge < -0.3 is 23.9 Å². The van der Waals surface area contributed by atoms with Gasteiger partial charge in [-0.2, -0.15) is 0 Å². The molecule has 1 saturated heterocycles. The first-order valence-corrected chi connectivity index (χ1v) is 10.6. The van der Waals surface area contributed by atoms with E-state index in [-0.39, 0.29) is 24.0 Å². The van der Waals surface area contributed by atoms with E-state index in [1.54, 1.807) is 60.7 Å². The van der Waals surface area contributed by atoms with Crippen molar-refractivity contribution in [3.63, 3.8) is 0 Å². The highest BCUT2D eigenvalue weighted by Crippen LogP contribution is 2.43. The Morgan fingerprint density at radius 3 is 2.58 bits per heavy atom. The third-order valence-corrected chi connectivity index (χ3v) is 5.36. The summed E-state index contributed by atoms with van der Waals surface area (Å²) in [5, 5.41) is 11.3. The number of nitrogens with zero attached hydrogens (tertiary/aromatic N) is 1. The number of benzene rings is 2. The van der Waals surface area contributed by atoms with Crippen molar-refractivity contribution in [2.75, 3.05) is 7.11 Å². The Kier molecular flexibility index (Phi) is 6.22. The molecule has 1 unspecified atom stereocenters. The van der Waals surface area contributed by atoms with Gasteiger partial charge in [-0.25, -0.2) is 0 Å². The van der Waals surface area contributed by atoms with E-state index < -0.39 is 17.7 Å². The minimum Gasteiger partial charge on any atom is -0.507 e. The molecule has 0 aliphatic carbocycles. The second kappa shape index (κ2) is 9.24. The summed E-state index contributed by atoms with van der Waals surface area (Å²) in [5.41, 5.74) is 0.948. The minimum absolute atomic E-state index is 0.0160. The highest BCUT2D eigenvalue weighted by molar-refractivity contribution is 6.46. The molecular weight excluding hydrogens is 422 g/mol. The average molecular weight is 447 g/mol. The number of carbonyl (C=O) groups is 2. The predicted molar refractivity (Wildman–Crippen MR) is 122 cm³/mol. The largest absolute Gasteiger partial charge is 0.507 e. The molecule has 1 aromatic heterocycles. The fourth-order valence-corrected chi connectivity index (χ4v) is 3.97. The SMILES string of the molecule is COc1ccccc1C1/C(=C(\O)c2cccc(OC(C)C)c2)C(=O)C(=O)N1Cc1ccco1. The molecule has 33 heavy (non-hydrogen) atoms. The number of amides is 1. The number of Topliss-reactive ketones (excluding diaryl/α,β-unsaturated/α-hetero) is 1. The van der Waals surface area contributed by atoms with Crippen LogP contribution in [0, 0.1) is 0 Å². The lowest BCUT2D eigenvalue weighted by molar-refractivity contribution is -0.140. The van der Waals surface area contributed by atoms with Crippen LogP contribution in [0.25, 0.3) is 5.76 Å². The molecule has 3 aromatic rings. The van der Waals surface area contributed by atoms with Crippen LogP contribution in [0.15, 0.2) is 76.9 Å². The van der Waals surface area contributed by atoms with E-state index in [2.05, 4.69) is 0 Å². The van der Waals surface area contributed by atoms with Crippen LogP contribution in [0.3, 0.4) is 0 Å². The van der Waals surface area contributed by atoms with E-state index in [1.807, 2.05) is 13.8 Å². The number of carbonyl (C=O) groups excluding carboxylic acids is 2. The van der Waals surface area contributed by atoms with Gasteiger partial charge in [-0.1, -0.05) is 30.3 Å². The number of hydrogen-bond donors (Lipinski definition) is 1. The summed E-state index contributed by atoms with van der Waals surface area (Å²) >= 11 is 0. The van der Waals surface area contributed by atoms with Crippen LogP contribution in [0.2, 0.25) is 0 Å². The first-order valence-electron chi connectivity index (χ1n) is 10.6. The first-order chi connectivity index (χ1) is 15.9. The molecule has 1 aliphatic rings. The van der Waals surface area contributed by atoms with Gasteiger partial charge in [0.1, 0.15) is 23.0 Å². The van der Waals surface area contributed by atoms with Gasteiger partial charge in [0.05, 0.1) is 37.6 Å². The molecule has 0 spiro atoms. The summed E-state index contributed by atoms with van der Waals surface area (Å²) in [5.74, 6) is -0.211. The lowest BCUT2D eigenvalue weighted by Gasteiger charge is -2.25. The number of aliphatic hydroxyl groups is 1. The summed E-state index contributed by atoms with van der Waals surface area (Å²) in [6.45, 7) is 3.86. The molecule has 1 fully saturated rings. The van der Waals surface area contributed by atoms with Crippen LogP contribution in [0.1, 0.15) is 36.8 Å². The molecule has 7 nitrogen and oxygen atoms in total. The number of ketones is 1. The number of methoxy groups -OCH3 is 1. The summed E-state index contributed by atoms with van der Waals surface area (Å²) in [6, 6.07) is 16.5. The number of rotatable bonds is 7. The maximum Gasteiger partial charge on any atom is 0.296 e. The maximum absolute atomic E-state index is 13.2. The van der Waals surface area contributed by atoms with Gasteiger partial charge in [0.15, 0.2) is 0 Å². The fraction of sp³-hybridized carbons (Fsp3) is 0.231.